The van der Waals surface area contributed by atoms with Crippen molar-refractivity contribution in [2.45, 2.75) is 39.8 Å². The second kappa shape index (κ2) is 8.07. The van der Waals surface area contributed by atoms with E-state index in [-0.39, 0.29) is 18.1 Å². The van der Waals surface area contributed by atoms with Gasteiger partial charge in [0.2, 0.25) is 0 Å². The Morgan fingerprint density at radius 3 is 2.79 bits per heavy atom. The molecule has 1 aromatic carbocycles. The predicted molar refractivity (Wildman–Crippen MR) is 102 cm³/mol. The Morgan fingerprint density at radius 1 is 1.46 bits per heavy atom. The fourth-order valence-corrected chi connectivity index (χ4v) is 3.29. The van der Waals surface area contributed by atoms with Crippen molar-refractivity contribution in [1.29, 1.82) is 0 Å². The molecular weight excluding hydrogens is 392 g/mol. The van der Waals surface area contributed by atoms with Gasteiger partial charge in [0.05, 0.1) is 18.8 Å². The SMILES string of the molecule is CCOc1ccc(Br)cc1C1NC(=S)N=C(C)C1C(=O)OC(C)C. The van der Waals surface area contributed by atoms with Gasteiger partial charge in [0.15, 0.2) is 5.11 Å². The number of carbonyl (C=O) groups is 1. The summed E-state index contributed by atoms with van der Waals surface area (Å²) in [5, 5.41) is 3.49. The number of esters is 1. The number of nitrogens with zero attached hydrogens (tertiary/aromatic N) is 1. The number of carbonyl (C=O) groups excluding carboxylic acids is 1. The lowest BCUT2D eigenvalue weighted by Crippen LogP contribution is -2.44. The molecule has 1 N–H and O–H groups in total. The quantitative estimate of drug-likeness (QED) is 0.588. The van der Waals surface area contributed by atoms with Crippen LogP contribution in [0.25, 0.3) is 0 Å². The molecule has 0 fully saturated rings. The second-order valence-electron chi connectivity index (χ2n) is 5.76. The van der Waals surface area contributed by atoms with Crippen LogP contribution in [0.5, 0.6) is 5.75 Å². The number of rotatable bonds is 5. The Labute approximate surface area is 156 Å². The van der Waals surface area contributed by atoms with Gasteiger partial charge in [0.25, 0.3) is 0 Å². The van der Waals surface area contributed by atoms with Gasteiger partial charge in [0, 0.05) is 15.7 Å². The third-order valence-corrected chi connectivity index (χ3v) is 4.26. The molecule has 0 saturated heterocycles. The second-order valence-corrected chi connectivity index (χ2v) is 7.06. The number of hydrogen-bond donors (Lipinski definition) is 1. The molecule has 0 aliphatic carbocycles. The first-order chi connectivity index (χ1) is 11.3. The maximum atomic E-state index is 12.6. The highest BCUT2D eigenvalue weighted by atomic mass is 79.9. The van der Waals surface area contributed by atoms with E-state index in [9.17, 15) is 4.79 Å². The Hall–Kier alpha value is -1.47. The number of nitrogens with one attached hydrogen (secondary N) is 1. The van der Waals surface area contributed by atoms with Crippen molar-refractivity contribution in [3.05, 3.63) is 28.2 Å². The molecule has 1 heterocycles. The van der Waals surface area contributed by atoms with Crippen molar-refractivity contribution in [2.24, 2.45) is 10.9 Å². The molecule has 1 aliphatic heterocycles. The van der Waals surface area contributed by atoms with Crippen molar-refractivity contribution < 1.29 is 14.3 Å². The van der Waals surface area contributed by atoms with E-state index < -0.39 is 5.92 Å². The van der Waals surface area contributed by atoms with E-state index in [0.717, 1.165) is 10.0 Å². The van der Waals surface area contributed by atoms with Gasteiger partial charge in [-0.1, -0.05) is 15.9 Å². The van der Waals surface area contributed by atoms with Crippen molar-refractivity contribution in [3.63, 3.8) is 0 Å². The van der Waals surface area contributed by atoms with Crippen molar-refractivity contribution >= 4 is 44.9 Å². The molecule has 0 radical (unpaired) electrons. The van der Waals surface area contributed by atoms with E-state index in [0.29, 0.717) is 23.2 Å². The van der Waals surface area contributed by atoms with Gasteiger partial charge in [-0.3, -0.25) is 4.79 Å². The highest BCUT2D eigenvalue weighted by molar-refractivity contribution is 9.10. The van der Waals surface area contributed by atoms with Gasteiger partial charge >= 0.3 is 5.97 Å². The maximum Gasteiger partial charge on any atom is 0.317 e. The molecule has 0 spiro atoms. The molecular formula is C17H21BrN2O3S. The third-order valence-electron chi connectivity index (χ3n) is 3.55. The van der Waals surface area contributed by atoms with Crippen LogP contribution in [-0.2, 0) is 9.53 Å². The van der Waals surface area contributed by atoms with Crippen LogP contribution < -0.4 is 10.1 Å². The minimum absolute atomic E-state index is 0.200. The highest BCUT2D eigenvalue weighted by Gasteiger charge is 2.38. The number of benzene rings is 1. The summed E-state index contributed by atoms with van der Waals surface area (Å²) in [6, 6.07) is 5.32. The van der Waals surface area contributed by atoms with E-state index in [1.807, 2.05) is 39.0 Å². The molecule has 7 heteroatoms. The predicted octanol–water partition coefficient (Wildman–Crippen LogP) is 3.81. The van der Waals surface area contributed by atoms with E-state index in [4.69, 9.17) is 21.7 Å². The van der Waals surface area contributed by atoms with Crippen LogP contribution in [0.1, 0.15) is 39.3 Å². The van der Waals surface area contributed by atoms with Crippen LogP contribution in [0.2, 0.25) is 0 Å². The Kier molecular flexibility index (Phi) is 6.34. The number of hydrogen-bond acceptors (Lipinski definition) is 4. The molecule has 2 rings (SSSR count). The molecule has 0 bridgehead atoms. The standard InChI is InChI=1S/C17H21BrN2O3S/c1-5-22-13-7-6-11(18)8-12(13)15-14(16(21)23-9(2)3)10(4)19-17(24)20-15/h6-9,14-15H,5H2,1-4H3,(H,20,24). The number of thiocarbonyl (C=S) groups is 1. The maximum absolute atomic E-state index is 12.6. The molecule has 2 atom stereocenters. The van der Waals surface area contributed by atoms with Gasteiger partial charge in [0.1, 0.15) is 11.7 Å². The van der Waals surface area contributed by atoms with Crippen LogP contribution in [0.15, 0.2) is 27.7 Å². The minimum Gasteiger partial charge on any atom is -0.494 e. The van der Waals surface area contributed by atoms with E-state index in [1.54, 1.807) is 6.92 Å². The average Bonchev–Trinajstić information content (AvgIpc) is 2.47. The molecule has 2 unspecified atom stereocenters. The van der Waals surface area contributed by atoms with Crippen molar-refractivity contribution in [3.8, 4) is 5.75 Å². The van der Waals surface area contributed by atoms with Crippen LogP contribution in [-0.4, -0.2) is 29.5 Å². The Morgan fingerprint density at radius 2 is 2.17 bits per heavy atom. The highest BCUT2D eigenvalue weighted by Crippen LogP contribution is 2.36. The van der Waals surface area contributed by atoms with Crippen molar-refractivity contribution in [2.75, 3.05) is 6.61 Å². The van der Waals surface area contributed by atoms with Gasteiger partial charge < -0.3 is 14.8 Å². The first-order valence-electron chi connectivity index (χ1n) is 7.81. The Bertz CT molecular complexity index is 676. The lowest BCUT2D eigenvalue weighted by molar-refractivity contribution is -0.150. The van der Waals surface area contributed by atoms with Crippen LogP contribution >= 0.6 is 28.1 Å². The van der Waals surface area contributed by atoms with Gasteiger partial charge in [-0.15, -0.1) is 0 Å². The lowest BCUT2D eigenvalue weighted by atomic mass is 9.88. The molecule has 130 valence electrons. The first kappa shape index (κ1) is 18.9. The topological polar surface area (TPSA) is 59.9 Å². The molecule has 1 aliphatic rings. The minimum atomic E-state index is -0.562. The Balaban J connectivity index is 2.48. The molecule has 5 nitrogen and oxygen atoms in total. The summed E-state index contributed by atoms with van der Waals surface area (Å²) in [4.78, 5) is 16.9. The normalized spacial score (nSPS) is 20.4. The van der Waals surface area contributed by atoms with Gasteiger partial charge in [-0.25, -0.2) is 4.99 Å². The smallest absolute Gasteiger partial charge is 0.317 e. The lowest BCUT2D eigenvalue weighted by Gasteiger charge is -2.32. The van der Waals surface area contributed by atoms with Crippen LogP contribution in [0.4, 0.5) is 0 Å². The fourth-order valence-electron chi connectivity index (χ4n) is 2.64. The zero-order valence-corrected chi connectivity index (χ0v) is 16.5. The molecule has 0 saturated carbocycles. The van der Waals surface area contributed by atoms with Crippen LogP contribution in [0.3, 0.4) is 0 Å². The zero-order valence-electron chi connectivity index (χ0n) is 14.1. The summed E-state index contributed by atoms with van der Waals surface area (Å²) in [6.07, 6.45) is -0.200. The monoisotopic (exact) mass is 412 g/mol. The van der Waals surface area contributed by atoms with E-state index in [1.165, 1.54) is 0 Å². The first-order valence-corrected chi connectivity index (χ1v) is 9.02. The zero-order chi connectivity index (χ0) is 17.9. The number of ether oxygens (including phenoxy) is 2. The molecule has 24 heavy (non-hydrogen) atoms. The summed E-state index contributed by atoms with van der Waals surface area (Å²) < 4.78 is 12.0. The largest absolute Gasteiger partial charge is 0.494 e. The van der Waals surface area contributed by atoms with Crippen LogP contribution in [0, 0.1) is 5.92 Å². The van der Waals surface area contributed by atoms with Gasteiger partial charge in [-0.2, -0.15) is 0 Å². The number of aliphatic imine (C=N–C) groups is 1. The number of halogens is 1. The summed E-state index contributed by atoms with van der Waals surface area (Å²) in [7, 11) is 0. The summed E-state index contributed by atoms with van der Waals surface area (Å²) in [5.74, 6) is -0.181. The molecule has 0 aromatic heterocycles. The van der Waals surface area contributed by atoms with Crippen molar-refractivity contribution in [1.82, 2.24) is 5.32 Å². The van der Waals surface area contributed by atoms with Gasteiger partial charge in [-0.05, 0) is 58.1 Å². The molecule has 1 aromatic rings. The summed E-state index contributed by atoms with van der Waals surface area (Å²) >= 11 is 8.70. The fraction of sp³-hybridized carbons (Fsp3) is 0.471. The molecule has 0 amide bonds. The van der Waals surface area contributed by atoms with E-state index >= 15 is 0 Å². The third kappa shape index (κ3) is 4.33. The van der Waals surface area contributed by atoms with E-state index in [2.05, 4.69) is 26.2 Å². The summed E-state index contributed by atoms with van der Waals surface area (Å²) in [6.45, 7) is 7.89. The summed E-state index contributed by atoms with van der Waals surface area (Å²) in [5.41, 5.74) is 1.48. The average molecular weight is 413 g/mol.